The molecule has 7 nitrogen and oxygen atoms in total. The SMILES string of the molecule is CC(c1ccccc1)(c1ccc(O)cc1)c1ccc(O)cc1.CC(c1ccccc1)(c1ccc(O)cc1)c1ccc(O)cc1.O=C(O)O. The second-order valence-corrected chi connectivity index (χ2v) is 11.5. The van der Waals surface area contributed by atoms with Crippen LogP contribution in [0.4, 0.5) is 4.79 Å². The Kier molecular flexibility index (Phi) is 11.1. The molecule has 0 aliphatic carbocycles. The standard InChI is InChI=1S/2C20H18O2.CH2O3/c2*1-20(15-5-3-2-4-6-15,16-7-11-18(21)12-8-16)17-9-13-19(22)14-10-17;2-1(3)4/h2*2-14,21-22H,1H3;(H2,2,3,4). The van der Waals surface area contributed by atoms with Crippen molar-refractivity contribution in [2.24, 2.45) is 0 Å². The van der Waals surface area contributed by atoms with Gasteiger partial charge in [-0.3, -0.25) is 0 Å². The first-order chi connectivity index (χ1) is 22.9. The zero-order chi connectivity index (χ0) is 34.7. The summed E-state index contributed by atoms with van der Waals surface area (Å²) in [6, 6.07) is 49.6. The van der Waals surface area contributed by atoms with Crippen molar-refractivity contribution in [3.8, 4) is 23.0 Å². The first-order valence-electron chi connectivity index (χ1n) is 15.2. The van der Waals surface area contributed by atoms with Crippen LogP contribution >= 0.6 is 0 Å². The van der Waals surface area contributed by atoms with Gasteiger partial charge in [0.2, 0.25) is 0 Å². The van der Waals surface area contributed by atoms with E-state index < -0.39 is 6.16 Å². The van der Waals surface area contributed by atoms with E-state index in [-0.39, 0.29) is 33.8 Å². The Morgan fingerprint density at radius 1 is 0.354 bits per heavy atom. The lowest BCUT2D eigenvalue weighted by atomic mass is 9.71. The second-order valence-electron chi connectivity index (χ2n) is 11.5. The van der Waals surface area contributed by atoms with Gasteiger partial charge in [-0.15, -0.1) is 0 Å². The highest BCUT2D eigenvalue weighted by Crippen LogP contribution is 2.41. The van der Waals surface area contributed by atoms with Crippen LogP contribution in [0, 0.1) is 0 Å². The monoisotopic (exact) mass is 642 g/mol. The third-order valence-electron chi connectivity index (χ3n) is 8.48. The molecule has 0 saturated heterocycles. The van der Waals surface area contributed by atoms with Gasteiger partial charge in [0, 0.05) is 10.8 Å². The number of hydrogen-bond donors (Lipinski definition) is 6. The zero-order valence-electron chi connectivity index (χ0n) is 26.6. The molecule has 6 aromatic carbocycles. The fraction of sp³-hybridized carbons (Fsp3) is 0.0976. The number of aromatic hydroxyl groups is 4. The van der Waals surface area contributed by atoms with Gasteiger partial charge in [-0.1, -0.05) is 109 Å². The smallest absolute Gasteiger partial charge is 0.503 e. The molecule has 48 heavy (non-hydrogen) atoms. The molecule has 0 aromatic heterocycles. The molecule has 0 amide bonds. The number of phenols is 4. The highest BCUT2D eigenvalue weighted by molar-refractivity contribution is 5.53. The molecule has 0 saturated carbocycles. The average Bonchev–Trinajstić information content (AvgIpc) is 3.10. The lowest BCUT2D eigenvalue weighted by Crippen LogP contribution is -2.25. The van der Waals surface area contributed by atoms with Crippen LogP contribution in [0.1, 0.15) is 47.2 Å². The summed E-state index contributed by atoms with van der Waals surface area (Å²) in [4.78, 5) is 8.56. The summed E-state index contributed by atoms with van der Waals surface area (Å²) in [7, 11) is 0. The Morgan fingerprint density at radius 2 is 0.521 bits per heavy atom. The first-order valence-corrected chi connectivity index (χ1v) is 15.2. The molecule has 6 N–H and O–H groups in total. The normalized spacial score (nSPS) is 10.9. The third-order valence-corrected chi connectivity index (χ3v) is 8.48. The van der Waals surface area contributed by atoms with Crippen LogP contribution < -0.4 is 0 Å². The Balaban J connectivity index is 0.000000195. The summed E-state index contributed by atoms with van der Waals surface area (Å²) >= 11 is 0. The van der Waals surface area contributed by atoms with E-state index in [0.717, 1.165) is 33.4 Å². The number of benzene rings is 6. The minimum Gasteiger partial charge on any atom is -0.508 e. The Labute approximate surface area is 279 Å². The highest BCUT2D eigenvalue weighted by Gasteiger charge is 2.32. The number of rotatable bonds is 6. The molecular formula is C41H38O7. The molecule has 244 valence electrons. The topological polar surface area (TPSA) is 138 Å². The maximum absolute atomic E-state index is 9.57. The van der Waals surface area contributed by atoms with Gasteiger partial charge in [0.15, 0.2) is 0 Å². The van der Waals surface area contributed by atoms with Crippen molar-refractivity contribution in [3.63, 3.8) is 0 Å². The van der Waals surface area contributed by atoms with Crippen LogP contribution in [0.2, 0.25) is 0 Å². The van der Waals surface area contributed by atoms with E-state index in [1.807, 2.05) is 84.9 Å². The summed E-state index contributed by atoms with van der Waals surface area (Å²) in [6.45, 7) is 4.31. The van der Waals surface area contributed by atoms with Crippen molar-refractivity contribution in [2.45, 2.75) is 24.7 Å². The molecule has 6 rings (SSSR count). The van der Waals surface area contributed by atoms with E-state index in [0.29, 0.717) is 0 Å². The highest BCUT2D eigenvalue weighted by atomic mass is 16.6. The van der Waals surface area contributed by atoms with Crippen molar-refractivity contribution in [1.82, 2.24) is 0 Å². The molecule has 7 heteroatoms. The van der Waals surface area contributed by atoms with Crippen molar-refractivity contribution >= 4 is 6.16 Å². The first kappa shape index (κ1) is 34.7. The molecule has 0 bridgehead atoms. The molecule has 0 radical (unpaired) electrons. The third kappa shape index (κ3) is 8.13. The van der Waals surface area contributed by atoms with Crippen LogP contribution in [0.5, 0.6) is 23.0 Å². The van der Waals surface area contributed by atoms with Crippen molar-refractivity contribution < 1.29 is 35.4 Å². The molecule has 0 spiro atoms. The molecule has 0 heterocycles. The number of carbonyl (C=O) groups is 1. The molecule has 6 aromatic rings. The number of phenolic OH excluding ortho intramolecular Hbond substituents is 4. The fourth-order valence-corrected chi connectivity index (χ4v) is 5.72. The van der Waals surface area contributed by atoms with Gasteiger partial charge in [-0.25, -0.2) is 4.79 Å². The van der Waals surface area contributed by atoms with Gasteiger partial charge in [0.05, 0.1) is 0 Å². The minimum atomic E-state index is -1.83. The minimum absolute atomic E-state index is 0.255. The predicted octanol–water partition coefficient (Wildman–Crippen LogP) is 9.13. The molecule has 0 aliphatic rings. The summed E-state index contributed by atoms with van der Waals surface area (Å²) in [5.41, 5.74) is 5.94. The Hall–Kier alpha value is -6.21. The summed E-state index contributed by atoms with van der Waals surface area (Å²) < 4.78 is 0. The summed E-state index contributed by atoms with van der Waals surface area (Å²) in [5.74, 6) is 1.02. The number of hydrogen-bond acceptors (Lipinski definition) is 5. The molecule has 0 unspecified atom stereocenters. The van der Waals surface area contributed by atoms with E-state index in [9.17, 15) is 20.4 Å². The van der Waals surface area contributed by atoms with E-state index in [1.54, 1.807) is 48.5 Å². The van der Waals surface area contributed by atoms with E-state index >= 15 is 0 Å². The maximum Gasteiger partial charge on any atom is 0.503 e. The van der Waals surface area contributed by atoms with Crippen LogP contribution in [-0.4, -0.2) is 36.8 Å². The Bertz CT molecular complexity index is 1640. The summed E-state index contributed by atoms with van der Waals surface area (Å²) in [5, 5.41) is 52.2. The second kappa shape index (κ2) is 15.4. The van der Waals surface area contributed by atoms with Gasteiger partial charge in [-0.2, -0.15) is 0 Å². The van der Waals surface area contributed by atoms with Gasteiger partial charge in [-0.05, 0) is 95.8 Å². The maximum atomic E-state index is 9.57. The number of carboxylic acid groups (broad SMARTS) is 2. The van der Waals surface area contributed by atoms with E-state index in [1.165, 1.54) is 0 Å². The zero-order valence-corrected chi connectivity index (χ0v) is 26.6. The largest absolute Gasteiger partial charge is 0.508 e. The molecular weight excluding hydrogens is 604 g/mol. The van der Waals surface area contributed by atoms with Crippen molar-refractivity contribution in [3.05, 3.63) is 191 Å². The predicted molar refractivity (Wildman–Crippen MR) is 187 cm³/mol. The van der Waals surface area contributed by atoms with Crippen LogP contribution in [-0.2, 0) is 10.8 Å². The molecule has 0 fully saturated rings. The van der Waals surface area contributed by atoms with E-state index in [4.69, 9.17) is 15.0 Å². The summed E-state index contributed by atoms with van der Waals surface area (Å²) in [6.07, 6.45) is -1.83. The Morgan fingerprint density at radius 3 is 0.708 bits per heavy atom. The molecule has 0 atom stereocenters. The van der Waals surface area contributed by atoms with Gasteiger partial charge in [0.1, 0.15) is 23.0 Å². The van der Waals surface area contributed by atoms with Crippen LogP contribution in [0.25, 0.3) is 0 Å². The van der Waals surface area contributed by atoms with Crippen LogP contribution in [0.3, 0.4) is 0 Å². The van der Waals surface area contributed by atoms with Crippen molar-refractivity contribution in [1.29, 1.82) is 0 Å². The van der Waals surface area contributed by atoms with Gasteiger partial charge >= 0.3 is 6.16 Å². The quantitative estimate of drug-likeness (QED) is 0.0996. The van der Waals surface area contributed by atoms with Crippen LogP contribution in [0.15, 0.2) is 158 Å². The van der Waals surface area contributed by atoms with E-state index in [2.05, 4.69) is 38.1 Å². The van der Waals surface area contributed by atoms with Gasteiger partial charge in [0.25, 0.3) is 0 Å². The average molecular weight is 643 g/mol. The fourth-order valence-electron chi connectivity index (χ4n) is 5.72. The lowest BCUT2D eigenvalue weighted by Gasteiger charge is -2.32. The molecule has 0 aliphatic heterocycles. The lowest BCUT2D eigenvalue weighted by molar-refractivity contribution is 0.137. The van der Waals surface area contributed by atoms with Gasteiger partial charge < -0.3 is 30.6 Å². The van der Waals surface area contributed by atoms with Crippen molar-refractivity contribution in [2.75, 3.05) is 0 Å².